The molecule has 2 aromatic rings. The molecule has 0 aliphatic carbocycles. The Morgan fingerprint density at radius 3 is 2.57 bits per heavy atom. The lowest BCUT2D eigenvalue weighted by molar-refractivity contribution is 0.102. The average Bonchev–Trinajstić information content (AvgIpc) is 2.56. The Labute approximate surface area is 145 Å². The SMILES string of the molecule is O=C(Nc1cc(Cl)ccc1N1CCCCC1)c1ccc(Cl)nc1. The molecular weight excluding hydrogens is 333 g/mol. The van der Waals surface area contributed by atoms with Crippen LogP contribution in [0, 0.1) is 0 Å². The molecule has 0 spiro atoms. The third kappa shape index (κ3) is 3.95. The van der Waals surface area contributed by atoms with Crippen LogP contribution in [0.1, 0.15) is 29.6 Å². The number of amides is 1. The molecule has 4 nitrogen and oxygen atoms in total. The summed E-state index contributed by atoms with van der Waals surface area (Å²) in [6.45, 7) is 1.99. The summed E-state index contributed by atoms with van der Waals surface area (Å²) < 4.78 is 0. The zero-order valence-corrected chi connectivity index (χ0v) is 14.1. The van der Waals surface area contributed by atoms with Crippen molar-refractivity contribution in [2.75, 3.05) is 23.3 Å². The van der Waals surface area contributed by atoms with Gasteiger partial charge in [-0.25, -0.2) is 4.98 Å². The van der Waals surface area contributed by atoms with Gasteiger partial charge in [0.2, 0.25) is 0 Å². The van der Waals surface area contributed by atoms with Gasteiger partial charge in [-0.1, -0.05) is 23.2 Å². The van der Waals surface area contributed by atoms with E-state index in [1.165, 1.54) is 12.6 Å². The molecule has 1 amide bonds. The van der Waals surface area contributed by atoms with Gasteiger partial charge in [0.25, 0.3) is 5.91 Å². The highest BCUT2D eigenvalue weighted by Gasteiger charge is 2.17. The van der Waals surface area contributed by atoms with E-state index in [-0.39, 0.29) is 5.91 Å². The molecule has 1 fully saturated rings. The van der Waals surface area contributed by atoms with Crippen LogP contribution < -0.4 is 10.2 Å². The summed E-state index contributed by atoms with van der Waals surface area (Å²) in [5, 5.41) is 3.89. The molecule has 1 N–H and O–H groups in total. The maximum absolute atomic E-state index is 12.4. The van der Waals surface area contributed by atoms with Gasteiger partial charge in [0, 0.05) is 24.3 Å². The van der Waals surface area contributed by atoms with E-state index in [2.05, 4.69) is 15.2 Å². The molecule has 3 rings (SSSR count). The summed E-state index contributed by atoms with van der Waals surface area (Å²) in [6.07, 6.45) is 5.04. The lowest BCUT2D eigenvalue weighted by Crippen LogP contribution is -2.30. The number of benzene rings is 1. The zero-order valence-electron chi connectivity index (χ0n) is 12.6. The van der Waals surface area contributed by atoms with E-state index in [0.717, 1.165) is 37.3 Å². The van der Waals surface area contributed by atoms with Crippen LogP contribution in [0.15, 0.2) is 36.5 Å². The fourth-order valence-corrected chi connectivity index (χ4v) is 3.01. The third-order valence-electron chi connectivity index (χ3n) is 3.89. The number of nitrogens with zero attached hydrogens (tertiary/aromatic N) is 2. The largest absolute Gasteiger partial charge is 0.370 e. The predicted molar refractivity (Wildman–Crippen MR) is 94.7 cm³/mol. The van der Waals surface area contributed by atoms with Crippen LogP contribution in [0.5, 0.6) is 0 Å². The summed E-state index contributed by atoms with van der Waals surface area (Å²) >= 11 is 11.9. The summed E-state index contributed by atoms with van der Waals surface area (Å²) in [4.78, 5) is 18.6. The number of nitrogens with one attached hydrogen (secondary N) is 1. The summed E-state index contributed by atoms with van der Waals surface area (Å²) in [5.74, 6) is -0.227. The Bertz CT molecular complexity index is 697. The molecule has 23 heavy (non-hydrogen) atoms. The molecule has 1 aliphatic heterocycles. The average molecular weight is 350 g/mol. The minimum absolute atomic E-state index is 0.227. The van der Waals surface area contributed by atoms with Crippen molar-refractivity contribution in [1.29, 1.82) is 0 Å². The lowest BCUT2D eigenvalue weighted by atomic mass is 10.1. The molecule has 1 aromatic carbocycles. The van der Waals surface area contributed by atoms with E-state index in [1.54, 1.807) is 18.2 Å². The van der Waals surface area contributed by atoms with Gasteiger partial charge in [0.1, 0.15) is 5.15 Å². The van der Waals surface area contributed by atoms with Crippen LogP contribution in [0.3, 0.4) is 0 Å². The smallest absolute Gasteiger partial charge is 0.257 e. The maximum atomic E-state index is 12.4. The number of pyridine rings is 1. The second-order valence-corrected chi connectivity index (χ2v) is 6.36. The van der Waals surface area contributed by atoms with E-state index >= 15 is 0 Å². The molecule has 120 valence electrons. The number of hydrogen-bond donors (Lipinski definition) is 1. The second kappa shape index (κ2) is 7.20. The van der Waals surface area contributed by atoms with E-state index < -0.39 is 0 Å². The lowest BCUT2D eigenvalue weighted by Gasteiger charge is -2.30. The molecule has 1 aromatic heterocycles. The normalized spacial score (nSPS) is 14.6. The van der Waals surface area contributed by atoms with Crippen molar-refractivity contribution >= 4 is 40.5 Å². The number of hydrogen-bond acceptors (Lipinski definition) is 3. The van der Waals surface area contributed by atoms with Gasteiger partial charge in [0.05, 0.1) is 16.9 Å². The predicted octanol–water partition coefficient (Wildman–Crippen LogP) is 4.63. The molecule has 0 unspecified atom stereocenters. The highest BCUT2D eigenvalue weighted by molar-refractivity contribution is 6.31. The molecule has 0 atom stereocenters. The van der Waals surface area contributed by atoms with Gasteiger partial charge in [0.15, 0.2) is 0 Å². The topological polar surface area (TPSA) is 45.2 Å². The van der Waals surface area contributed by atoms with Gasteiger partial charge in [-0.05, 0) is 49.6 Å². The first-order valence-electron chi connectivity index (χ1n) is 7.61. The van der Waals surface area contributed by atoms with Gasteiger partial charge in [-0.2, -0.15) is 0 Å². The molecule has 0 radical (unpaired) electrons. The number of carbonyl (C=O) groups excluding carboxylic acids is 1. The zero-order chi connectivity index (χ0) is 16.2. The highest BCUT2D eigenvalue weighted by Crippen LogP contribution is 2.31. The number of piperidine rings is 1. The Balaban J connectivity index is 1.84. The summed E-state index contributed by atoms with van der Waals surface area (Å²) in [7, 11) is 0. The van der Waals surface area contributed by atoms with Crippen molar-refractivity contribution in [3.63, 3.8) is 0 Å². The van der Waals surface area contributed by atoms with E-state index in [1.807, 2.05) is 12.1 Å². The van der Waals surface area contributed by atoms with Crippen molar-refractivity contribution in [1.82, 2.24) is 4.98 Å². The number of aromatic nitrogens is 1. The molecule has 6 heteroatoms. The minimum Gasteiger partial charge on any atom is -0.370 e. The van der Waals surface area contributed by atoms with E-state index in [9.17, 15) is 4.79 Å². The molecule has 1 aliphatic rings. The first kappa shape index (κ1) is 16.1. The van der Waals surface area contributed by atoms with Crippen molar-refractivity contribution < 1.29 is 4.79 Å². The Morgan fingerprint density at radius 1 is 1.09 bits per heavy atom. The van der Waals surface area contributed by atoms with Crippen LogP contribution in [0.25, 0.3) is 0 Å². The summed E-state index contributed by atoms with van der Waals surface area (Å²) in [5.41, 5.74) is 2.18. The van der Waals surface area contributed by atoms with Crippen LogP contribution in [0.2, 0.25) is 10.2 Å². The maximum Gasteiger partial charge on any atom is 0.257 e. The second-order valence-electron chi connectivity index (χ2n) is 5.53. The number of rotatable bonds is 3. The molecule has 0 saturated carbocycles. The van der Waals surface area contributed by atoms with Crippen molar-refractivity contribution in [2.24, 2.45) is 0 Å². The Hall–Kier alpha value is -1.78. The van der Waals surface area contributed by atoms with Crippen LogP contribution in [0.4, 0.5) is 11.4 Å². The molecule has 1 saturated heterocycles. The van der Waals surface area contributed by atoms with Gasteiger partial charge in [-0.15, -0.1) is 0 Å². The monoisotopic (exact) mass is 349 g/mol. The number of anilines is 2. The van der Waals surface area contributed by atoms with Gasteiger partial charge >= 0.3 is 0 Å². The first-order chi connectivity index (χ1) is 11.1. The Morgan fingerprint density at radius 2 is 1.87 bits per heavy atom. The van der Waals surface area contributed by atoms with E-state index in [0.29, 0.717) is 15.7 Å². The highest BCUT2D eigenvalue weighted by atomic mass is 35.5. The van der Waals surface area contributed by atoms with Gasteiger partial charge < -0.3 is 10.2 Å². The number of halogens is 2. The molecule has 0 bridgehead atoms. The number of carbonyl (C=O) groups is 1. The minimum atomic E-state index is -0.227. The molecular formula is C17H17Cl2N3O. The van der Waals surface area contributed by atoms with E-state index in [4.69, 9.17) is 23.2 Å². The fraction of sp³-hybridized carbons (Fsp3) is 0.294. The fourth-order valence-electron chi connectivity index (χ4n) is 2.72. The third-order valence-corrected chi connectivity index (χ3v) is 4.35. The summed E-state index contributed by atoms with van der Waals surface area (Å²) in [6, 6.07) is 8.84. The first-order valence-corrected chi connectivity index (χ1v) is 8.36. The van der Waals surface area contributed by atoms with Crippen molar-refractivity contribution in [3.8, 4) is 0 Å². The van der Waals surface area contributed by atoms with Crippen molar-refractivity contribution in [2.45, 2.75) is 19.3 Å². The standard InChI is InChI=1S/C17H17Cl2N3O/c18-13-5-6-15(22-8-2-1-3-9-22)14(10-13)21-17(23)12-4-7-16(19)20-11-12/h4-7,10-11H,1-3,8-9H2,(H,21,23). The van der Waals surface area contributed by atoms with Crippen LogP contribution in [-0.2, 0) is 0 Å². The quantitative estimate of drug-likeness (QED) is 0.821. The van der Waals surface area contributed by atoms with Crippen LogP contribution >= 0.6 is 23.2 Å². The van der Waals surface area contributed by atoms with Crippen LogP contribution in [-0.4, -0.2) is 24.0 Å². The Kier molecular flexibility index (Phi) is 5.03. The van der Waals surface area contributed by atoms with Crippen molar-refractivity contribution in [3.05, 3.63) is 52.3 Å². The van der Waals surface area contributed by atoms with Gasteiger partial charge in [-0.3, -0.25) is 4.79 Å². The molecule has 2 heterocycles.